The number of H-pyrrole nitrogens is 1. The van der Waals surface area contributed by atoms with E-state index in [1.54, 1.807) is 20.0 Å². The summed E-state index contributed by atoms with van der Waals surface area (Å²) in [5, 5.41) is 13.8. The predicted octanol–water partition coefficient (Wildman–Crippen LogP) is 2.11. The predicted molar refractivity (Wildman–Crippen MR) is 126 cm³/mol. The number of ether oxygens (including phenoxy) is 1. The molecule has 3 N–H and O–H groups in total. The molecular formula is C22H31N5O5S. The summed E-state index contributed by atoms with van der Waals surface area (Å²) in [7, 11) is -2.23. The molecule has 0 aliphatic carbocycles. The van der Waals surface area contributed by atoms with E-state index in [0.29, 0.717) is 47.5 Å². The van der Waals surface area contributed by atoms with Crippen LogP contribution in [0.1, 0.15) is 45.7 Å². The van der Waals surface area contributed by atoms with E-state index in [-0.39, 0.29) is 22.9 Å². The Morgan fingerprint density at radius 2 is 2.00 bits per heavy atom. The quantitative estimate of drug-likeness (QED) is 0.384. The van der Waals surface area contributed by atoms with Gasteiger partial charge in [0.15, 0.2) is 5.52 Å². The van der Waals surface area contributed by atoms with Gasteiger partial charge in [-0.15, -0.1) is 0 Å². The first kappa shape index (κ1) is 24.9. The zero-order valence-corrected chi connectivity index (χ0v) is 20.2. The van der Waals surface area contributed by atoms with Crippen LogP contribution in [0.25, 0.3) is 22.4 Å². The van der Waals surface area contributed by atoms with Crippen molar-refractivity contribution in [3.8, 4) is 17.1 Å². The van der Waals surface area contributed by atoms with Gasteiger partial charge in [0.1, 0.15) is 17.1 Å². The highest BCUT2D eigenvalue weighted by Crippen LogP contribution is 2.31. The SMILES string of the molecule is CCCOc1ccc(S(=O)(=O)NC(CC)CO)cc1-c1nc2c(CCC)nn(C)c2c(=O)[nH]1. The maximum absolute atomic E-state index is 12.9. The van der Waals surface area contributed by atoms with Gasteiger partial charge in [-0.3, -0.25) is 9.48 Å². The van der Waals surface area contributed by atoms with Crippen molar-refractivity contribution in [3.05, 3.63) is 34.2 Å². The van der Waals surface area contributed by atoms with E-state index in [9.17, 15) is 18.3 Å². The third kappa shape index (κ3) is 5.26. The van der Waals surface area contributed by atoms with E-state index in [0.717, 1.165) is 12.8 Å². The second-order valence-corrected chi connectivity index (χ2v) is 9.56. The Morgan fingerprint density at radius 1 is 1.24 bits per heavy atom. The molecule has 0 spiro atoms. The molecule has 0 bridgehead atoms. The minimum absolute atomic E-state index is 0.0176. The maximum atomic E-state index is 12.9. The molecule has 0 saturated heterocycles. The standard InChI is InChI=1S/C22H31N5O5S/c1-5-8-17-19-20(27(4)25-17)22(29)24-21(23-19)16-12-15(9-10-18(16)32-11-6-2)33(30,31)26-14(7-3)13-28/h9-10,12,14,26,28H,5-8,11,13H2,1-4H3,(H,23,24,29). The summed E-state index contributed by atoms with van der Waals surface area (Å²) in [6, 6.07) is 3.82. The number of aryl methyl sites for hydroxylation is 2. The fourth-order valence-corrected chi connectivity index (χ4v) is 4.85. The van der Waals surface area contributed by atoms with Crippen molar-refractivity contribution in [2.24, 2.45) is 7.05 Å². The van der Waals surface area contributed by atoms with Crippen molar-refractivity contribution in [3.63, 3.8) is 0 Å². The number of hydrogen-bond acceptors (Lipinski definition) is 7. The number of rotatable bonds is 11. The molecule has 0 aliphatic rings. The summed E-state index contributed by atoms with van der Waals surface area (Å²) >= 11 is 0. The lowest BCUT2D eigenvalue weighted by atomic mass is 10.1. The number of sulfonamides is 1. The first-order valence-corrected chi connectivity index (χ1v) is 12.6. The van der Waals surface area contributed by atoms with Crippen LogP contribution in [-0.2, 0) is 23.5 Å². The van der Waals surface area contributed by atoms with Gasteiger partial charge in [0.25, 0.3) is 5.56 Å². The number of nitrogens with zero attached hydrogens (tertiary/aromatic N) is 3. The largest absolute Gasteiger partial charge is 0.493 e. The van der Waals surface area contributed by atoms with Gasteiger partial charge in [-0.25, -0.2) is 18.1 Å². The van der Waals surface area contributed by atoms with Crippen LogP contribution in [-0.4, -0.2) is 52.5 Å². The Bertz CT molecular complexity index is 1280. The highest BCUT2D eigenvalue weighted by molar-refractivity contribution is 7.89. The number of aliphatic hydroxyl groups is 1. The van der Waals surface area contributed by atoms with Crippen LogP contribution in [0.2, 0.25) is 0 Å². The van der Waals surface area contributed by atoms with Crippen molar-refractivity contribution < 1.29 is 18.3 Å². The fourth-order valence-electron chi connectivity index (χ4n) is 3.52. The summed E-state index contributed by atoms with van der Waals surface area (Å²) in [4.78, 5) is 20.3. The lowest BCUT2D eigenvalue weighted by Gasteiger charge is -2.16. The summed E-state index contributed by atoms with van der Waals surface area (Å²) in [6.45, 7) is 5.86. The first-order chi connectivity index (χ1) is 15.7. The van der Waals surface area contributed by atoms with Gasteiger partial charge in [0, 0.05) is 13.1 Å². The minimum atomic E-state index is -3.92. The van der Waals surface area contributed by atoms with Crippen LogP contribution in [0.4, 0.5) is 0 Å². The fraction of sp³-hybridized carbons (Fsp3) is 0.500. The smallest absolute Gasteiger partial charge is 0.277 e. The van der Waals surface area contributed by atoms with Crippen molar-refractivity contribution in [2.75, 3.05) is 13.2 Å². The number of aromatic nitrogens is 4. The highest BCUT2D eigenvalue weighted by atomic mass is 32.2. The average Bonchev–Trinajstić information content (AvgIpc) is 3.11. The molecule has 10 nitrogen and oxygen atoms in total. The number of hydrogen-bond donors (Lipinski definition) is 3. The van der Waals surface area contributed by atoms with E-state index >= 15 is 0 Å². The molecule has 0 amide bonds. The van der Waals surface area contributed by atoms with Crippen LogP contribution in [0.3, 0.4) is 0 Å². The molecule has 1 unspecified atom stereocenters. The van der Waals surface area contributed by atoms with Crippen molar-refractivity contribution >= 4 is 21.1 Å². The monoisotopic (exact) mass is 477 g/mol. The number of aliphatic hydroxyl groups excluding tert-OH is 1. The highest BCUT2D eigenvalue weighted by Gasteiger charge is 2.23. The van der Waals surface area contributed by atoms with E-state index in [1.165, 1.54) is 16.8 Å². The zero-order valence-electron chi connectivity index (χ0n) is 19.4. The molecule has 3 aromatic rings. The number of aromatic amines is 1. The summed E-state index contributed by atoms with van der Waals surface area (Å²) in [5.74, 6) is 0.614. The molecule has 0 aliphatic heterocycles. The zero-order chi connectivity index (χ0) is 24.2. The second-order valence-electron chi connectivity index (χ2n) is 7.85. The van der Waals surface area contributed by atoms with Crippen LogP contribution < -0.4 is 15.0 Å². The number of nitrogens with one attached hydrogen (secondary N) is 2. The first-order valence-electron chi connectivity index (χ1n) is 11.1. The average molecular weight is 478 g/mol. The Labute approximate surface area is 193 Å². The van der Waals surface area contributed by atoms with E-state index in [2.05, 4.69) is 19.8 Å². The van der Waals surface area contributed by atoms with E-state index in [1.807, 2.05) is 13.8 Å². The molecule has 11 heteroatoms. The van der Waals surface area contributed by atoms with Crippen molar-refractivity contribution in [1.29, 1.82) is 0 Å². The summed E-state index contributed by atoms with van der Waals surface area (Å²) in [5.41, 5.74) is 1.53. The third-order valence-corrected chi connectivity index (χ3v) is 6.78. The maximum Gasteiger partial charge on any atom is 0.277 e. The molecule has 0 fully saturated rings. The molecule has 0 saturated carbocycles. The number of fused-ring (bicyclic) bond motifs is 1. The third-order valence-electron chi connectivity index (χ3n) is 5.26. The molecule has 3 rings (SSSR count). The molecule has 2 heterocycles. The van der Waals surface area contributed by atoms with Gasteiger partial charge in [-0.2, -0.15) is 5.10 Å². The van der Waals surface area contributed by atoms with E-state index < -0.39 is 16.1 Å². The Hall–Kier alpha value is -2.76. The Balaban J connectivity index is 2.19. The topological polar surface area (TPSA) is 139 Å². The van der Waals surface area contributed by atoms with Gasteiger partial charge in [-0.1, -0.05) is 27.2 Å². The van der Waals surface area contributed by atoms with Crippen molar-refractivity contribution in [1.82, 2.24) is 24.5 Å². The molecule has 0 radical (unpaired) electrons. The molecule has 1 aromatic carbocycles. The van der Waals surface area contributed by atoms with Crippen LogP contribution >= 0.6 is 0 Å². The molecule has 33 heavy (non-hydrogen) atoms. The van der Waals surface area contributed by atoms with Gasteiger partial charge in [0.2, 0.25) is 10.0 Å². The lowest BCUT2D eigenvalue weighted by molar-refractivity contribution is 0.254. The van der Waals surface area contributed by atoms with Gasteiger partial charge in [0.05, 0.1) is 29.4 Å². The second kappa shape index (κ2) is 10.4. The molecule has 1 atom stereocenters. The lowest BCUT2D eigenvalue weighted by Crippen LogP contribution is -2.36. The molecule has 180 valence electrons. The van der Waals surface area contributed by atoms with Crippen LogP contribution in [0.15, 0.2) is 27.9 Å². The van der Waals surface area contributed by atoms with Crippen LogP contribution in [0, 0.1) is 0 Å². The Morgan fingerprint density at radius 3 is 2.64 bits per heavy atom. The summed E-state index contributed by atoms with van der Waals surface area (Å²) < 4.78 is 35.7. The summed E-state index contributed by atoms with van der Waals surface area (Å²) in [6.07, 6.45) is 2.68. The molecular weight excluding hydrogens is 446 g/mol. The minimum Gasteiger partial charge on any atom is -0.493 e. The van der Waals surface area contributed by atoms with Gasteiger partial charge in [-0.05, 0) is 37.5 Å². The number of benzene rings is 1. The van der Waals surface area contributed by atoms with Gasteiger partial charge < -0.3 is 14.8 Å². The van der Waals surface area contributed by atoms with E-state index in [4.69, 9.17) is 4.74 Å². The van der Waals surface area contributed by atoms with Crippen molar-refractivity contribution in [2.45, 2.75) is 57.4 Å². The Kier molecular flexibility index (Phi) is 7.88. The van der Waals surface area contributed by atoms with Crippen LogP contribution in [0.5, 0.6) is 5.75 Å². The van der Waals surface area contributed by atoms with Gasteiger partial charge >= 0.3 is 0 Å². The normalized spacial score (nSPS) is 12.9. The molecule has 2 aromatic heterocycles.